The Bertz CT molecular complexity index is 1120. The zero-order valence-corrected chi connectivity index (χ0v) is 15.0. The molecule has 2 aromatic carbocycles. The minimum absolute atomic E-state index is 0.370. The Labute approximate surface area is 157 Å². The highest BCUT2D eigenvalue weighted by Gasteiger charge is 2.28. The van der Waals surface area contributed by atoms with Gasteiger partial charge < -0.3 is 4.57 Å². The molecule has 1 unspecified atom stereocenters. The van der Waals surface area contributed by atoms with Crippen LogP contribution in [0.4, 0.5) is 0 Å². The number of fused-ring (bicyclic) bond motifs is 3. The van der Waals surface area contributed by atoms with E-state index in [0.717, 1.165) is 35.3 Å². The number of imidazole rings is 1. The van der Waals surface area contributed by atoms with Crippen molar-refractivity contribution in [3.63, 3.8) is 0 Å². The lowest BCUT2D eigenvalue weighted by molar-refractivity contribution is 0.637. The molecule has 1 saturated carbocycles. The zero-order valence-electron chi connectivity index (χ0n) is 15.0. The molecule has 0 radical (unpaired) electrons. The summed E-state index contributed by atoms with van der Waals surface area (Å²) < 4.78 is 2.42. The van der Waals surface area contributed by atoms with Crippen molar-refractivity contribution in [1.29, 1.82) is 0 Å². The lowest BCUT2D eigenvalue weighted by atomic mass is 10.0. The molecule has 2 aromatic heterocycles. The fourth-order valence-electron chi connectivity index (χ4n) is 4.27. The molecule has 2 aliphatic rings. The molecule has 27 heavy (non-hydrogen) atoms. The number of aromatic nitrogens is 4. The van der Waals surface area contributed by atoms with E-state index in [1.54, 1.807) is 0 Å². The predicted molar refractivity (Wildman–Crippen MR) is 106 cm³/mol. The first-order valence-corrected chi connectivity index (χ1v) is 9.75. The monoisotopic (exact) mass is 352 g/mol. The third-order valence-corrected chi connectivity index (χ3v) is 5.85. The Morgan fingerprint density at radius 2 is 1.67 bits per heavy atom. The van der Waals surface area contributed by atoms with Crippen LogP contribution < -0.4 is 0 Å². The molecule has 0 spiro atoms. The average Bonchev–Trinajstić information content (AvgIpc) is 3.40. The molecule has 0 bridgehead atoms. The maximum atomic E-state index is 4.88. The maximum Gasteiger partial charge on any atom is 0.131 e. The summed E-state index contributed by atoms with van der Waals surface area (Å²) >= 11 is 0. The van der Waals surface area contributed by atoms with Gasteiger partial charge in [0.1, 0.15) is 11.6 Å². The van der Waals surface area contributed by atoms with E-state index in [0.29, 0.717) is 12.0 Å². The molecule has 1 aliphatic heterocycles. The molecule has 0 amide bonds. The zero-order chi connectivity index (χ0) is 17.8. The van der Waals surface area contributed by atoms with Gasteiger partial charge in [0.05, 0.1) is 17.1 Å². The molecule has 3 heterocycles. The minimum Gasteiger partial charge on any atom is -0.320 e. The molecule has 1 atom stereocenters. The minimum atomic E-state index is 0.370. The third-order valence-electron chi connectivity index (χ3n) is 5.85. The molecular formula is C23H20N4. The topological polar surface area (TPSA) is 43.6 Å². The van der Waals surface area contributed by atoms with Gasteiger partial charge in [-0.1, -0.05) is 36.4 Å². The lowest BCUT2D eigenvalue weighted by Gasteiger charge is -2.15. The molecule has 4 nitrogen and oxygen atoms in total. The van der Waals surface area contributed by atoms with E-state index in [1.165, 1.54) is 29.7 Å². The second-order valence-electron chi connectivity index (χ2n) is 7.67. The maximum absolute atomic E-state index is 4.88. The van der Waals surface area contributed by atoms with E-state index >= 15 is 0 Å². The van der Waals surface area contributed by atoms with Crippen LogP contribution in [-0.4, -0.2) is 19.5 Å². The van der Waals surface area contributed by atoms with Crippen molar-refractivity contribution >= 4 is 11.0 Å². The van der Waals surface area contributed by atoms with Gasteiger partial charge in [-0.15, -0.1) is 0 Å². The van der Waals surface area contributed by atoms with Crippen LogP contribution in [0.25, 0.3) is 22.2 Å². The van der Waals surface area contributed by atoms with E-state index in [-0.39, 0.29) is 0 Å². The van der Waals surface area contributed by atoms with Crippen LogP contribution in [-0.2, 0) is 6.42 Å². The van der Waals surface area contributed by atoms with Gasteiger partial charge in [0, 0.05) is 30.3 Å². The van der Waals surface area contributed by atoms with Gasteiger partial charge in [-0.25, -0.2) is 15.0 Å². The predicted octanol–water partition coefficient (Wildman–Crippen LogP) is 4.91. The molecule has 1 fully saturated rings. The highest BCUT2D eigenvalue weighted by molar-refractivity contribution is 5.83. The van der Waals surface area contributed by atoms with Gasteiger partial charge in [-0.05, 0) is 42.5 Å². The summed E-state index contributed by atoms with van der Waals surface area (Å²) in [6, 6.07) is 17.7. The van der Waals surface area contributed by atoms with Gasteiger partial charge >= 0.3 is 0 Å². The van der Waals surface area contributed by atoms with Crippen molar-refractivity contribution < 1.29 is 0 Å². The Kier molecular flexibility index (Phi) is 3.21. The van der Waals surface area contributed by atoms with Gasteiger partial charge in [0.2, 0.25) is 0 Å². The summed E-state index contributed by atoms with van der Waals surface area (Å²) in [6.07, 6.45) is 8.55. The standard InChI is InChI=1S/C23H20N4/c1-2-4-15(5-3-1)20-10-11-22-26-19-9-8-17(12-21(19)27(20)22)18-13-24-23(25-14-18)16-6-7-16/h1-5,8-9,12-14,16,20H,6-7,10-11H2. The quantitative estimate of drug-likeness (QED) is 0.526. The van der Waals surface area contributed by atoms with E-state index in [4.69, 9.17) is 4.98 Å². The first-order chi connectivity index (χ1) is 13.4. The first kappa shape index (κ1) is 15.1. The first-order valence-electron chi connectivity index (χ1n) is 9.75. The summed E-state index contributed by atoms with van der Waals surface area (Å²) in [6.45, 7) is 0. The summed E-state index contributed by atoms with van der Waals surface area (Å²) in [5.74, 6) is 2.77. The average molecular weight is 352 g/mol. The Morgan fingerprint density at radius 3 is 2.44 bits per heavy atom. The highest BCUT2D eigenvalue weighted by Crippen LogP contribution is 2.39. The van der Waals surface area contributed by atoms with E-state index in [9.17, 15) is 0 Å². The van der Waals surface area contributed by atoms with Crippen LogP contribution in [0.3, 0.4) is 0 Å². The highest BCUT2D eigenvalue weighted by atomic mass is 15.1. The van der Waals surface area contributed by atoms with Crippen molar-refractivity contribution in [2.24, 2.45) is 0 Å². The normalized spacial score (nSPS) is 18.7. The van der Waals surface area contributed by atoms with Crippen LogP contribution in [0.15, 0.2) is 60.9 Å². The largest absolute Gasteiger partial charge is 0.320 e. The molecule has 1 aliphatic carbocycles. The van der Waals surface area contributed by atoms with Gasteiger partial charge in [-0.3, -0.25) is 0 Å². The smallest absolute Gasteiger partial charge is 0.131 e. The van der Waals surface area contributed by atoms with Crippen LogP contribution >= 0.6 is 0 Å². The molecule has 6 rings (SSSR count). The molecule has 132 valence electrons. The second kappa shape index (κ2) is 5.74. The van der Waals surface area contributed by atoms with E-state index in [1.807, 2.05) is 12.4 Å². The summed E-state index contributed by atoms with van der Waals surface area (Å²) in [4.78, 5) is 14.1. The van der Waals surface area contributed by atoms with Gasteiger partial charge in [0.25, 0.3) is 0 Å². The van der Waals surface area contributed by atoms with Crippen molar-refractivity contribution in [2.75, 3.05) is 0 Å². The van der Waals surface area contributed by atoms with E-state index in [2.05, 4.69) is 63.1 Å². The fourth-order valence-corrected chi connectivity index (χ4v) is 4.27. The molecule has 4 heteroatoms. The summed E-state index contributed by atoms with van der Waals surface area (Å²) in [7, 11) is 0. The van der Waals surface area contributed by atoms with Crippen molar-refractivity contribution in [3.8, 4) is 11.1 Å². The van der Waals surface area contributed by atoms with Crippen LogP contribution in [0, 0.1) is 0 Å². The summed E-state index contributed by atoms with van der Waals surface area (Å²) in [5.41, 5.74) is 5.88. The van der Waals surface area contributed by atoms with Crippen molar-refractivity contribution in [2.45, 2.75) is 37.6 Å². The van der Waals surface area contributed by atoms with Crippen LogP contribution in [0.5, 0.6) is 0 Å². The molecule has 4 aromatic rings. The SMILES string of the molecule is c1ccc(C2CCc3nc4ccc(-c5cnc(C6CC6)nc5)cc4n32)cc1. The Balaban J connectivity index is 1.44. The van der Waals surface area contributed by atoms with Gasteiger partial charge in [0.15, 0.2) is 0 Å². The van der Waals surface area contributed by atoms with Crippen LogP contribution in [0.1, 0.15) is 48.4 Å². The number of aryl methyl sites for hydroxylation is 1. The molecule has 0 saturated heterocycles. The molecule has 0 N–H and O–H groups in total. The van der Waals surface area contributed by atoms with E-state index < -0.39 is 0 Å². The summed E-state index contributed by atoms with van der Waals surface area (Å²) in [5, 5.41) is 0. The Morgan fingerprint density at radius 1 is 0.852 bits per heavy atom. The molecular weight excluding hydrogens is 332 g/mol. The number of benzene rings is 2. The number of rotatable bonds is 3. The third kappa shape index (κ3) is 2.47. The second-order valence-corrected chi connectivity index (χ2v) is 7.67. The van der Waals surface area contributed by atoms with Gasteiger partial charge in [-0.2, -0.15) is 0 Å². The number of hydrogen-bond donors (Lipinski definition) is 0. The van der Waals surface area contributed by atoms with Crippen LogP contribution in [0.2, 0.25) is 0 Å². The van der Waals surface area contributed by atoms with Crippen molar-refractivity contribution in [3.05, 3.63) is 78.1 Å². The van der Waals surface area contributed by atoms with Crippen molar-refractivity contribution in [1.82, 2.24) is 19.5 Å². The lowest BCUT2D eigenvalue weighted by Crippen LogP contribution is -2.05. The fraction of sp³-hybridized carbons (Fsp3) is 0.261. The Hall–Kier alpha value is -3.01. The number of nitrogens with zero attached hydrogens (tertiary/aromatic N) is 4. The number of hydrogen-bond acceptors (Lipinski definition) is 3.